The number of halogens is 4. The van der Waals surface area contributed by atoms with Crippen LogP contribution in [0.25, 0.3) is 11.1 Å². The second-order valence-corrected chi connectivity index (χ2v) is 8.10. The summed E-state index contributed by atoms with van der Waals surface area (Å²) in [6.07, 6.45) is -4.36. The maximum Gasteiger partial charge on any atom is 0.416 e. The zero-order valence-electron chi connectivity index (χ0n) is 17.6. The Bertz CT molecular complexity index is 1120. The fourth-order valence-corrected chi connectivity index (χ4v) is 3.61. The zero-order chi connectivity index (χ0) is 23.3. The molecule has 2 nitrogen and oxygen atoms in total. The molecule has 31 heavy (non-hydrogen) atoms. The highest BCUT2D eigenvalue weighted by atomic mass is 79.9. The van der Waals surface area contributed by atoms with Crippen molar-refractivity contribution in [3.05, 3.63) is 93.0 Å². The van der Waals surface area contributed by atoms with E-state index < -0.39 is 11.7 Å². The van der Waals surface area contributed by atoms with Gasteiger partial charge in [0.2, 0.25) is 0 Å². The van der Waals surface area contributed by atoms with Gasteiger partial charge in [0.05, 0.1) is 5.56 Å². The average Bonchev–Trinajstić information content (AvgIpc) is 2.67. The summed E-state index contributed by atoms with van der Waals surface area (Å²) < 4.78 is 39.1. The molecule has 6 heteroatoms. The van der Waals surface area contributed by atoms with Crippen LogP contribution in [0.1, 0.15) is 51.3 Å². The van der Waals surface area contributed by atoms with Gasteiger partial charge >= 0.3 is 6.18 Å². The molecule has 0 saturated carbocycles. The van der Waals surface area contributed by atoms with Crippen molar-refractivity contribution in [1.82, 2.24) is 0 Å². The lowest BCUT2D eigenvalue weighted by molar-refractivity contribution is -0.137. The molecule has 3 aromatic rings. The number of benzene rings is 3. The minimum Gasteiger partial charge on any atom is -0.295 e. The minimum absolute atomic E-state index is 0.0573. The van der Waals surface area contributed by atoms with Crippen LogP contribution in [0.4, 0.5) is 13.2 Å². The molecule has 0 aliphatic heterocycles. The summed E-state index contributed by atoms with van der Waals surface area (Å²) in [5.41, 5.74) is 3.63. The van der Waals surface area contributed by atoms with E-state index in [0.29, 0.717) is 16.7 Å². The average molecular weight is 491 g/mol. The molecule has 0 radical (unpaired) electrons. The number of hydrogen-bond donors (Lipinski definition) is 0. The summed E-state index contributed by atoms with van der Waals surface area (Å²) >= 11 is 3.33. The molecule has 0 bridgehead atoms. The number of hydrogen-bond acceptors (Lipinski definition) is 2. The third kappa shape index (κ3) is 6.62. The number of carbonyl (C=O) groups excluding carboxylic acids is 2. The smallest absolute Gasteiger partial charge is 0.295 e. The summed E-state index contributed by atoms with van der Waals surface area (Å²) in [4.78, 5) is 22.3. The molecular formula is C25H22BrF3O2. The van der Waals surface area contributed by atoms with Crippen LogP contribution in [0.5, 0.6) is 0 Å². The normalized spacial score (nSPS) is 10.8. The summed E-state index contributed by atoms with van der Waals surface area (Å²) in [5.74, 6) is 0.0630. The fraction of sp³-hybridized carbons (Fsp3) is 0.200. The molecule has 3 rings (SSSR count). The van der Waals surface area contributed by atoms with E-state index in [1.807, 2.05) is 25.1 Å². The number of aryl methyl sites for hydroxylation is 2. The number of carbonyl (C=O) groups is 2. The number of rotatable bonds is 3. The van der Waals surface area contributed by atoms with Gasteiger partial charge in [-0.25, -0.2) is 0 Å². The maximum absolute atomic E-state index is 12.7. The predicted molar refractivity (Wildman–Crippen MR) is 121 cm³/mol. The molecule has 0 saturated heterocycles. The lowest BCUT2D eigenvalue weighted by Crippen LogP contribution is -2.04. The monoisotopic (exact) mass is 490 g/mol. The third-order valence-corrected chi connectivity index (χ3v) is 5.19. The van der Waals surface area contributed by atoms with Gasteiger partial charge in [-0.3, -0.25) is 9.59 Å². The first-order chi connectivity index (χ1) is 14.4. The number of ketones is 2. The van der Waals surface area contributed by atoms with E-state index in [9.17, 15) is 22.8 Å². The highest BCUT2D eigenvalue weighted by Gasteiger charge is 2.30. The van der Waals surface area contributed by atoms with Crippen LogP contribution in [0, 0.1) is 13.8 Å². The summed E-state index contributed by atoms with van der Waals surface area (Å²) in [6, 6.07) is 15.9. The van der Waals surface area contributed by atoms with E-state index in [0.717, 1.165) is 33.3 Å². The van der Waals surface area contributed by atoms with E-state index >= 15 is 0 Å². The van der Waals surface area contributed by atoms with Crippen LogP contribution < -0.4 is 0 Å². The Morgan fingerprint density at radius 2 is 1.26 bits per heavy atom. The Morgan fingerprint density at radius 1 is 0.742 bits per heavy atom. The molecule has 3 aromatic carbocycles. The van der Waals surface area contributed by atoms with Gasteiger partial charge in [-0.1, -0.05) is 52.3 Å². The minimum atomic E-state index is -4.36. The first-order valence-corrected chi connectivity index (χ1v) is 10.3. The molecule has 0 spiro atoms. The Morgan fingerprint density at radius 3 is 1.74 bits per heavy atom. The second-order valence-electron chi connectivity index (χ2n) is 7.18. The Balaban J connectivity index is 0.000000262. The quantitative estimate of drug-likeness (QED) is 0.350. The molecule has 162 valence electrons. The van der Waals surface area contributed by atoms with E-state index in [4.69, 9.17) is 0 Å². The Kier molecular flexibility index (Phi) is 7.96. The summed E-state index contributed by atoms with van der Waals surface area (Å²) in [6.45, 7) is 6.75. The van der Waals surface area contributed by atoms with Gasteiger partial charge in [-0.15, -0.1) is 0 Å². The summed E-state index contributed by atoms with van der Waals surface area (Å²) in [5, 5.41) is 0. The van der Waals surface area contributed by atoms with Crippen molar-refractivity contribution in [2.75, 3.05) is 0 Å². The van der Waals surface area contributed by atoms with Crippen LogP contribution in [0.2, 0.25) is 0 Å². The Hall–Kier alpha value is -2.73. The van der Waals surface area contributed by atoms with Gasteiger partial charge in [0, 0.05) is 15.6 Å². The SMILES string of the molecule is CC(=O)c1ccc(-c2cccc(C(F)(F)F)c2)cc1C.CC(=O)c1ccc(Br)cc1C. The lowest BCUT2D eigenvalue weighted by atomic mass is 9.97. The van der Waals surface area contributed by atoms with Crippen LogP contribution in [-0.2, 0) is 6.18 Å². The highest BCUT2D eigenvalue weighted by molar-refractivity contribution is 9.10. The van der Waals surface area contributed by atoms with E-state index in [-0.39, 0.29) is 11.6 Å². The molecule has 0 amide bonds. The van der Waals surface area contributed by atoms with Gasteiger partial charge in [0.25, 0.3) is 0 Å². The molecule has 0 aromatic heterocycles. The third-order valence-electron chi connectivity index (χ3n) is 4.70. The van der Waals surface area contributed by atoms with Gasteiger partial charge < -0.3 is 0 Å². The molecule has 0 aliphatic carbocycles. The van der Waals surface area contributed by atoms with E-state index in [1.54, 1.807) is 38.1 Å². The fourth-order valence-electron chi connectivity index (χ4n) is 3.14. The molecule has 0 atom stereocenters. The van der Waals surface area contributed by atoms with Crippen molar-refractivity contribution >= 4 is 27.5 Å². The van der Waals surface area contributed by atoms with Crippen LogP contribution in [0.15, 0.2) is 65.1 Å². The number of alkyl halides is 3. The van der Waals surface area contributed by atoms with Gasteiger partial charge in [-0.05, 0) is 74.2 Å². The molecule has 0 unspecified atom stereocenters. The van der Waals surface area contributed by atoms with Gasteiger partial charge in [0.1, 0.15) is 0 Å². The first-order valence-electron chi connectivity index (χ1n) is 9.46. The van der Waals surface area contributed by atoms with Crippen molar-refractivity contribution in [2.24, 2.45) is 0 Å². The maximum atomic E-state index is 12.7. The zero-order valence-corrected chi connectivity index (χ0v) is 19.2. The Labute approximate surface area is 188 Å². The molecular weight excluding hydrogens is 469 g/mol. The molecule has 0 aliphatic rings. The van der Waals surface area contributed by atoms with Crippen LogP contribution >= 0.6 is 15.9 Å². The van der Waals surface area contributed by atoms with Crippen molar-refractivity contribution in [1.29, 1.82) is 0 Å². The predicted octanol–water partition coefficient (Wildman–Crippen LogP) is 7.84. The first kappa shape index (κ1) is 24.5. The topological polar surface area (TPSA) is 34.1 Å². The van der Waals surface area contributed by atoms with Gasteiger partial charge in [-0.2, -0.15) is 13.2 Å². The van der Waals surface area contributed by atoms with E-state index in [1.165, 1.54) is 13.0 Å². The highest BCUT2D eigenvalue weighted by Crippen LogP contribution is 2.32. The second kappa shape index (κ2) is 10.1. The van der Waals surface area contributed by atoms with E-state index in [2.05, 4.69) is 15.9 Å². The number of Topliss-reactive ketones (excluding diaryl/α,β-unsaturated/α-hetero) is 2. The molecule has 0 heterocycles. The van der Waals surface area contributed by atoms with Gasteiger partial charge in [0.15, 0.2) is 11.6 Å². The van der Waals surface area contributed by atoms with Crippen molar-refractivity contribution < 1.29 is 22.8 Å². The molecule has 0 N–H and O–H groups in total. The van der Waals surface area contributed by atoms with Crippen molar-refractivity contribution in [3.8, 4) is 11.1 Å². The van der Waals surface area contributed by atoms with Crippen molar-refractivity contribution in [2.45, 2.75) is 33.9 Å². The van der Waals surface area contributed by atoms with Crippen molar-refractivity contribution in [3.63, 3.8) is 0 Å². The summed E-state index contributed by atoms with van der Waals surface area (Å²) in [7, 11) is 0. The van der Waals surface area contributed by atoms with Crippen LogP contribution in [0.3, 0.4) is 0 Å². The standard InChI is InChI=1S/C16H13F3O.C9H9BrO/c1-10-8-13(6-7-15(10)11(2)20)12-4-3-5-14(9-12)16(17,18)19;1-6-5-8(10)3-4-9(6)7(2)11/h3-9H,1-2H3;3-5H,1-2H3. The molecule has 0 fully saturated rings. The largest absolute Gasteiger partial charge is 0.416 e. The lowest BCUT2D eigenvalue weighted by Gasteiger charge is -2.10. The van der Waals surface area contributed by atoms with Crippen LogP contribution in [-0.4, -0.2) is 11.6 Å².